The first-order valence-electron chi connectivity index (χ1n) is 11.9. The lowest BCUT2D eigenvalue weighted by atomic mass is 9.74. The summed E-state index contributed by atoms with van der Waals surface area (Å²) in [6, 6.07) is 36.7. The summed E-state index contributed by atoms with van der Waals surface area (Å²) < 4.78 is 6.58. The molecule has 0 aromatic heterocycles. The predicted octanol–water partition coefficient (Wildman–Crippen LogP) is 8.35. The molecule has 170 valence electrons. The zero-order valence-electron chi connectivity index (χ0n) is 20.0. The molecule has 0 spiro atoms. The molecule has 1 aliphatic heterocycles. The van der Waals surface area contributed by atoms with Crippen molar-refractivity contribution in [2.24, 2.45) is 0 Å². The fourth-order valence-corrected chi connectivity index (χ4v) is 5.40. The first-order valence-corrected chi connectivity index (χ1v) is 11.9. The second-order valence-electron chi connectivity index (χ2n) is 9.64. The van der Waals surface area contributed by atoms with E-state index in [9.17, 15) is 10.5 Å². The summed E-state index contributed by atoms with van der Waals surface area (Å²) in [5, 5.41) is 21.3. The summed E-state index contributed by atoms with van der Waals surface area (Å²) in [4.78, 5) is 0. The minimum absolute atomic E-state index is 0.212. The third-order valence-electron chi connectivity index (χ3n) is 7.16. The molecular weight excluding hydrogens is 440 g/mol. The molecule has 6 rings (SSSR count). The first-order chi connectivity index (χ1) is 17.5. The van der Waals surface area contributed by atoms with Gasteiger partial charge in [-0.1, -0.05) is 86.6 Å². The Morgan fingerprint density at radius 3 is 1.97 bits per heavy atom. The molecule has 0 fully saturated rings. The highest BCUT2D eigenvalue weighted by Gasteiger charge is 2.35. The lowest BCUT2D eigenvalue weighted by molar-refractivity contribution is 0.419. The van der Waals surface area contributed by atoms with Crippen molar-refractivity contribution in [1.29, 1.82) is 10.5 Å². The minimum atomic E-state index is -0.212. The van der Waals surface area contributed by atoms with E-state index >= 15 is 0 Å². The van der Waals surface area contributed by atoms with Crippen molar-refractivity contribution in [2.75, 3.05) is 0 Å². The monoisotopic (exact) mass is 462 g/mol. The summed E-state index contributed by atoms with van der Waals surface area (Å²) in [5.41, 5.74) is 6.94. The van der Waals surface area contributed by atoms with Gasteiger partial charge in [-0.2, -0.15) is 10.5 Å². The SMILES string of the molecule is CC1(C)c2ccccc2Oc2c(-c3cccc4cccc(-c5cc(C#N)cc(C#N)c5)c34)cccc21. The second kappa shape index (κ2) is 8.12. The lowest BCUT2D eigenvalue weighted by Crippen LogP contribution is -2.24. The number of benzene rings is 5. The molecule has 0 saturated heterocycles. The summed E-state index contributed by atoms with van der Waals surface area (Å²) in [7, 11) is 0. The van der Waals surface area contributed by atoms with E-state index in [0.717, 1.165) is 50.1 Å². The number of nitriles is 2. The molecule has 3 heteroatoms. The van der Waals surface area contributed by atoms with Gasteiger partial charge in [-0.15, -0.1) is 0 Å². The Balaban J connectivity index is 1.65. The van der Waals surface area contributed by atoms with Crippen molar-refractivity contribution in [1.82, 2.24) is 0 Å². The molecule has 36 heavy (non-hydrogen) atoms. The maximum Gasteiger partial charge on any atom is 0.139 e. The molecule has 1 aliphatic rings. The number of fused-ring (bicyclic) bond motifs is 3. The molecule has 0 bridgehead atoms. The number of hydrogen-bond acceptors (Lipinski definition) is 3. The molecule has 5 aromatic rings. The Bertz CT molecular complexity index is 1730. The van der Waals surface area contributed by atoms with E-state index in [1.165, 1.54) is 5.56 Å². The molecule has 0 amide bonds. The van der Waals surface area contributed by atoms with Crippen LogP contribution >= 0.6 is 0 Å². The second-order valence-corrected chi connectivity index (χ2v) is 9.64. The standard InChI is InChI=1S/C33H22N2O/c1-33(2)28-13-3-4-15-30(28)36-32-27(12-7-14-29(32)33)26-11-6-9-23-8-5-10-25(31(23)26)24-17-21(19-34)16-22(18-24)20-35/h3-18H,1-2H3. The van der Waals surface area contributed by atoms with Gasteiger partial charge in [0, 0.05) is 22.1 Å². The van der Waals surface area contributed by atoms with Crippen LogP contribution in [0.4, 0.5) is 0 Å². The summed E-state index contributed by atoms with van der Waals surface area (Å²) in [5.74, 6) is 1.75. The van der Waals surface area contributed by atoms with E-state index in [0.29, 0.717) is 11.1 Å². The summed E-state index contributed by atoms with van der Waals surface area (Å²) >= 11 is 0. The van der Waals surface area contributed by atoms with Gasteiger partial charge in [0.2, 0.25) is 0 Å². The van der Waals surface area contributed by atoms with Crippen LogP contribution in [0.1, 0.15) is 36.1 Å². The molecular formula is C33H22N2O. The van der Waals surface area contributed by atoms with E-state index < -0.39 is 0 Å². The maximum absolute atomic E-state index is 9.56. The fraction of sp³-hybridized carbons (Fsp3) is 0.0909. The molecule has 0 radical (unpaired) electrons. The average molecular weight is 463 g/mol. The van der Waals surface area contributed by atoms with Crippen LogP contribution in [0.2, 0.25) is 0 Å². The maximum atomic E-state index is 9.56. The van der Waals surface area contributed by atoms with E-state index in [1.807, 2.05) is 30.3 Å². The van der Waals surface area contributed by atoms with Crippen molar-refractivity contribution >= 4 is 10.8 Å². The molecule has 0 N–H and O–H groups in total. The van der Waals surface area contributed by atoms with Crippen LogP contribution in [-0.2, 0) is 5.41 Å². The van der Waals surface area contributed by atoms with Crippen LogP contribution in [0.15, 0.2) is 97.1 Å². The van der Waals surface area contributed by atoms with Crippen LogP contribution in [0, 0.1) is 22.7 Å². The molecule has 3 nitrogen and oxygen atoms in total. The van der Waals surface area contributed by atoms with Crippen molar-refractivity contribution in [3.05, 3.63) is 119 Å². The number of rotatable bonds is 2. The number of hydrogen-bond donors (Lipinski definition) is 0. The van der Waals surface area contributed by atoms with Gasteiger partial charge >= 0.3 is 0 Å². The highest BCUT2D eigenvalue weighted by molar-refractivity contribution is 6.07. The quantitative estimate of drug-likeness (QED) is 0.265. The van der Waals surface area contributed by atoms with Gasteiger partial charge in [0.15, 0.2) is 0 Å². The Morgan fingerprint density at radius 1 is 0.639 bits per heavy atom. The molecule has 0 atom stereocenters. The minimum Gasteiger partial charge on any atom is -0.456 e. The normalized spacial score (nSPS) is 13.1. The average Bonchev–Trinajstić information content (AvgIpc) is 2.92. The first kappa shape index (κ1) is 21.7. The van der Waals surface area contributed by atoms with Crippen molar-refractivity contribution in [3.8, 4) is 45.9 Å². The topological polar surface area (TPSA) is 56.8 Å². The van der Waals surface area contributed by atoms with E-state index in [4.69, 9.17) is 4.74 Å². The Morgan fingerprint density at radius 2 is 1.25 bits per heavy atom. The van der Waals surface area contributed by atoms with Crippen LogP contribution in [0.5, 0.6) is 11.5 Å². The zero-order valence-corrected chi connectivity index (χ0v) is 20.0. The third kappa shape index (κ3) is 3.26. The predicted molar refractivity (Wildman–Crippen MR) is 143 cm³/mol. The number of para-hydroxylation sites is 2. The van der Waals surface area contributed by atoms with Gasteiger partial charge < -0.3 is 4.74 Å². The van der Waals surface area contributed by atoms with Crippen LogP contribution in [0.3, 0.4) is 0 Å². The smallest absolute Gasteiger partial charge is 0.139 e. The molecule has 0 saturated carbocycles. The molecule has 5 aromatic carbocycles. The van der Waals surface area contributed by atoms with Crippen molar-refractivity contribution in [3.63, 3.8) is 0 Å². The zero-order chi connectivity index (χ0) is 24.9. The van der Waals surface area contributed by atoms with Gasteiger partial charge in [-0.05, 0) is 51.7 Å². The van der Waals surface area contributed by atoms with Gasteiger partial charge in [-0.25, -0.2) is 0 Å². The van der Waals surface area contributed by atoms with Crippen molar-refractivity contribution < 1.29 is 4.74 Å². The van der Waals surface area contributed by atoms with Crippen LogP contribution in [0.25, 0.3) is 33.0 Å². The van der Waals surface area contributed by atoms with Gasteiger partial charge in [0.25, 0.3) is 0 Å². The molecule has 0 aliphatic carbocycles. The molecule has 1 heterocycles. The Kier molecular flexibility index (Phi) is 4.89. The highest BCUT2D eigenvalue weighted by Crippen LogP contribution is 2.52. The summed E-state index contributed by atoms with van der Waals surface area (Å²) in [6.07, 6.45) is 0. The van der Waals surface area contributed by atoms with Gasteiger partial charge in [0.05, 0.1) is 23.3 Å². The highest BCUT2D eigenvalue weighted by atomic mass is 16.5. The van der Waals surface area contributed by atoms with E-state index in [-0.39, 0.29) is 5.41 Å². The van der Waals surface area contributed by atoms with Gasteiger partial charge in [-0.3, -0.25) is 0 Å². The van der Waals surface area contributed by atoms with Crippen LogP contribution in [-0.4, -0.2) is 0 Å². The fourth-order valence-electron chi connectivity index (χ4n) is 5.40. The number of nitrogens with zero attached hydrogens (tertiary/aromatic N) is 2. The van der Waals surface area contributed by atoms with Gasteiger partial charge in [0.1, 0.15) is 11.5 Å². The van der Waals surface area contributed by atoms with Crippen molar-refractivity contribution in [2.45, 2.75) is 19.3 Å². The summed E-state index contributed by atoms with van der Waals surface area (Å²) in [6.45, 7) is 4.48. The van der Waals surface area contributed by atoms with E-state index in [1.54, 1.807) is 6.07 Å². The van der Waals surface area contributed by atoms with E-state index in [2.05, 4.69) is 86.6 Å². The Labute approximate surface area is 210 Å². The Hall–Kier alpha value is -4.86. The van der Waals surface area contributed by atoms with Crippen LogP contribution < -0.4 is 4.74 Å². The number of ether oxygens (including phenoxy) is 1. The largest absolute Gasteiger partial charge is 0.456 e. The lowest BCUT2D eigenvalue weighted by Gasteiger charge is -2.35. The molecule has 0 unspecified atom stereocenters. The third-order valence-corrected chi connectivity index (χ3v) is 7.16.